The van der Waals surface area contributed by atoms with Gasteiger partial charge in [-0.25, -0.2) is 0 Å². The fraction of sp³-hybridized carbons (Fsp3) is 0.579. The van der Waals surface area contributed by atoms with E-state index in [4.69, 9.17) is 11.6 Å². The Bertz CT molecular complexity index is 437. The van der Waals surface area contributed by atoms with Crippen molar-refractivity contribution in [3.63, 3.8) is 0 Å². The Morgan fingerprint density at radius 2 is 1.60 bits per heavy atom. The van der Waals surface area contributed by atoms with Gasteiger partial charge in [-0.05, 0) is 37.1 Å². The third kappa shape index (κ3) is 7.61. The second kappa shape index (κ2) is 10.8. The molecule has 0 unspecified atom stereocenters. The van der Waals surface area contributed by atoms with Crippen molar-refractivity contribution in [1.82, 2.24) is 0 Å². The fourth-order valence-corrected chi connectivity index (χ4v) is 2.50. The maximum absolute atomic E-state index is 5.93. The van der Waals surface area contributed by atoms with Crippen molar-refractivity contribution < 1.29 is 0 Å². The van der Waals surface area contributed by atoms with Gasteiger partial charge in [0.2, 0.25) is 0 Å². The molecule has 1 rings (SSSR count). The normalized spacial score (nSPS) is 10.2. The topological polar surface area (TPSA) is 0 Å². The Hall–Kier alpha value is -0.930. The minimum atomic E-state index is 0.788. The van der Waals surface area contributed by atoms with E-state index in [0.29, 0.717) is 0 Å². The summed E-state index contributed by atoms with van der Waals surface area (Å²) in [5, 5.41) is 0.788. The quantitative estimate of drug-likeness (QED) is 0.377. The lowest BCUT2D eigenvalue weighted by Crippen LogP contribution is -1.82. The summed E-state index contributed by atoms with van der Waals surface area (Å²) in [7, 11) is 0. The van der Waals surface area contributed by atoms with Crippen LogP contribution in [0.5, 0.6) is 0 Å². The van der Waals surface area contributed by atoms with E-state index in [0.717, 1.165) is 17.0 Å². The summed E-state index contributed by atoms with van der Waals surface area (Å²) in [5.41, 5.74) is 2.27. The number of rotatable bonds is 8. The van der Waals surface area contributed by atoms with Crippen LogP contribution in [-0.4, -0.2) is 0 Å². The first-order valence-electron chi connectivity index (χ1n) is 7.99. The molecule has 0 aliphatic carbocycles. The van der Waals surface area contributed by atoms with Crippen LogP contribution in [0.4, 0.5) is 0 Å². The van der Waals surface area contributed by atoms with Gasteiger partial charge in [0.1, 0.15) is 0 Å². The van der Waals surface area contributed by atoms with Crippen molar-refractivity contribution in [2.45, 2.75) is 71.6 Å². The number of hydrogen-bond donors (Lipinski definition) is 0. The molecule has 110 valence electrons. The Kier molecular flexibility index (Phi) is 9.25. The number of halogens is 1. The highest BCUT2D eigenvalue weighted by Gasteiger charge is 1.95. The highest BCUT2D eigenvalue weighted by molar-refractivity contribution is 6.30. The summed E-state index contributed by atoms with van der Waals surface area (Å²) in [6.07, 6.45) is 11.9. The van der Waals surface area contributed by atoms with Gasteiger partial charge in [0.25, 0.3) is 0 Å². The minimum absolute atomic E-state index is 0.788. The first-order valence-corrected chi connectivity index (χ1v) is 8.37. The molecule has 0 amide bonds. The van der Waals surface area contributed by atoms with Crippen molar-refractivity contribution in [3.05, 3.63) is 34.3 Å². The minimum Gasteiger partial charge on any atom is -0.0979 e. The molecule has 0 heterocycles. The van der Waals surface area contributed by atoms with Crippen molar-refractivity contribution in [3.8, 4) is 11.8 Å². The average molecular weight is 291 g/mol. The molecule has 1 heteroatoms. The Labute approximate surface area is 129 Å². The van der Waals surface area contributed by atoms with E-state index < -0.39 is 0 Å². The highest BCUT2D eigenvalue weighted by Crippen LogP contribution is 2.14. The predicted molar refractivity (Wildman–Crippen MR) is 90.3 cm³/mol. The molecule has 1 aromatic rings. The standard InChI is InChI=1S/C19H27Cl/c1-3-4-5-6-7-8-9-10-11-12-13-18-14-15-19(20)16-17(18)2/h14-16H,3-11H2,1-2H3. The summed E-state index contributed by atoms with van der Waals surface area (Å²) in [6, 6.07) is 5.90. The van der Waals surface area contributed by atoms with Crippen LogP contribution in [0.2, 0.25) is 5.02 Å². The van der Waals surface area contributed by atoms with Crippen molar-refractivity contribution in [1.29, 1.82) is 0 Å². The number of hydrogen-bond acceptors (Lipinski definition) is 0. The van der Waals surface area contributed by atoms with E-state index in [1.807, 2.05) is 18.2 Å². The molecule has 0 aromatic heterocycles. The predicted octanol–water partition coefficient (Wildman–Crippen LogP) is 6.53. The molecule has 0 aliphatic rings. The van der Waals surface area contributed by atoms with Gasteiger partial charge in [-0.3, -0.25) is 0 Å². The summed E-state index contributed by atoms with van der Waals surface area (Å²) in [5.74, 6) is 6.53. The smallest absolute Gasteiger partial charge is 0.0409 e. The van der Waals surface area contributed by atoms with Crippen molar-refractivity contribution in [2.24, 2.45) is 0 Å². The zero-order chi connectivity index (χ0) is 14.6. The molecular formula is C19H27Cl. The number of benzene rings is 1. The molecule has 0 saturated heterocycles. The van der Waals surface area contributed by atoms with E-state index >= 15 is 0 Å². The first-order chi connectivity index (χ1) is 9.74. The molecule has 0 spiro atoms. The third-order valence-electron chi connectivity index (χ3n) is 3.57. The third-order valence-corrected chi connectivity index (χ3v) is 3.80. The molecule has 0 radical (unpaired) electrons. The maximum Gasteiger partial charge on any atom is 0.0409 e. The second-order valence-electron chi connectivity index (χ2n) is 5.49. The van der Waals surface area contributed by atoms with E-state index in [9.17, 15) is 0 Å². The molecule has 0 bridgehead atoms. The summed E-state index contributed by atoms with van der Waals surface area (Å²) in [4.78, 5) is 0. The molecule has 0 atom stereocenters. The lowest BCUT2D eigenvalue weighted by Gasteiger charge is -1.99. The molecule has 0 N–H and O–H groups in total. The average Bonchev–Trinajstić information content (AvgIpc) is 2.43. The fourth-order valence-electron chi connectivity index (χ4n) is 2.27. The largest absolute Gasteiger partial charge is 0.0979 e. The van der Waals surface area contributed by atoms with Crippen LogP contribution in [0.15, 0.2) is 18.2 Å². The molecule has 0 aliphatic heterocycles. The van der Waals surface area contributed by atoms with Gasteiger partial charge in [-0.1, -0.05) is 75.3 Å². The SMILES string of the molecule is CCCCCCCCCCC#Cc1ccc(Cl)cc1C. The lowest BCUT2D eigenvalue weighted by atomic mass is 10.1. The van der Waals surface area contributed by atoms with Crippen molar-refractivity contribution >= 4 is 11.6 Å². The van der Waals surface area contributed by atoms with Crippen LogP contribution in [0.1, 0.15) is 75.8 Å². The molecule has 0 nitrogen and oxygen atoms in total. The van der Waals surface area contributed by atoms with Gasteiger partial charge in [0.15, 0.2) is 0 Å². The van der Waals surface area contributed by atoms with Crippen LogP contribution >= 0.6 is 11.6 Å². The Balaban J connectivity index is 2.11. The number of unbranched alkanes of at least 4 members (excludes halogenated alkanes) is 8. The van der Waals surface area contributed by atoms with Crippen LogP contribution < -0.4 is 0 Å². The van der Waals surface area contributed by atoms with Gasteiger partial charge in [-0.15, -0.1) is 0 Å². The molecule has 1 aromatic carbocycles. The second-order valence-corrected chi connectivity index (χ2v) is 5.92. The Morgan fingerprint density at radius 1 is 0.950 bits per heavy atom. The van der Waals surface area contributed by atoms with Gasteiger partial charge in [0.05, 0.1) is 0 Å². The highest BCUT2D eigenvalue weighted by atomic mass is 35.5. The summed E-state index contributed by atoms with van der Waals surface area (Å²) in [6.45, 7) is 4.33. The molecule has 0 fully saturated rings. The summed E-state index contributed by atoms with van der Waals surface area (Å²) >= 11 is 5.93. The van der Waals surface area contributed by atoms with Gasteiger partial charge in [0, 0.05) is 17.0 Å². The molecule has 0 saturated carbocycles. The van der Waals surface area contributed by atoms with E-state index in [-0.39, 0.29) is 0 Å². The number of aryl methyl sites for hydroxylation is 1. The van der Waals surface area contributed by atoms with Gasteiger partial charge >= 0.3 is 0 Å². The van der Waals surface area contributed by atoms with Gasteiger partial charge < -0.3 is 0 Å². The monoisotopic (exact) mass is 290 g/mol. The summed E-state index contributed by atoms with van der Waals surface area (Å²) < 4.78 is 0. The molecular weight excluding hydrogens is 264 g/mol. The zero-order valence-electron chi connectivity index (χ0n) is 13.0. The van der Waals surface area contributed by atoms with Crippen molar-refractivity contribution in [2.75, 3.05) is 0 Å². The van der Waals surface area contributed by atoms with Crippen LogP contribution in [-0.2, 0) is 0 Å². The molecule has 20 heavy (non-hydrogen) atoms. The van der Waals surface area contributed by atoms with E-state index in [1.165, 1.54) is 56.9 Å². The maximum atomic E-state index is 5.93. The van der Waals surface area contributed by atoms with Crippen LogP contribution in [0, 0.1) is 18.8 Å². The Morgan fingerprint density at radius 3 is 2.25 bits per heavy atom. The van der Waals surface area contributed by atoms with Crippen LogP contribution in [0.3, 0.4) is 0 Å². The van der Waals surface area contributed by atoms with E-state index in [1.54, 1.807) is 0 Å². The van der Waals surface area contributed by atoms with Gasteiger partial charge in [-0.2, -0.15) is 0 Å². The van der Waals surface area contributed by atoms with Crippen LogP contribution in [0.25, 0.3) is 0 Å². The first kappa shape index (κ1) is 17.1. The lowest BCUT2D eigenvalue weighted by molar-refractivity contribution is 0.579. The van der Waals surface area contributed by atoms with E-state index in [2.05, 4.69) is 25.7 Å². The zero-order valence-corrected chi connectivity index (χ0v) is 13.7.